The largest absolute Gasteiger partial charge is 0.313 e. The molecule has 0 spiro atoms. The quantitative estimate of drug-likeness (QED) is 0.651. The van der Waals surface area contributed by atoms with Crippen molar-refractivity contribution >= 4 is 28.3 Å². The number of anilines is 1. The summed E-state index contributed by atoms with van der Waals surface area (Å²) in [5.74, 6) is 7.19. The molecule has 6 heteroatoms. The smallest absolute Gasteiger partial charge is 0.148 e. The highest BCUT2D eigenvalue weighted by Crippen LogP contribution is 2.24. The van der Waals surface area contributed by atoms with Crippen molar-refractivity contribution < 1.29 is 0 Å². The Hall–Kier alpha value is -1.11. The third-order valence-electron chi connectivity index (χ3n) is 2.48. The molecule has 0 fully saturated rings. The van der Waals surface area contributed by atoms with Crippen LogP contribution in [-0.2, 0) is 11.5 Å². The number of thioether (sulfide) groups is 1. The van der Waals surface area contributed by atoms with Crippen LogP contribution in [-0.4, -0.2) is 9.59 Å². The molecule has 3 N–H and O–H groups in total. The number of hydrazine groups is 1. The maximum absolute atomic E-state index is 5.39. The number of nitrogen functional groups attached to an aromatic ring is 1. The Morgan fingerprint density at radius 3 is 2.61 bits per heavy atom. The number of nitrogens with two attached hydrogens (primary N) is 1. The fourth-order valence-corrected chi connectivity index (χ4v) is 3.31. The Bertz CT molecular complexity index is 504. The lowest BCUT2D eigenvalue weighted by molar-refractivity contribution is 1.07. The van der Waals surface area contributed by atoms with Crippen LogP contribution in [0, 0.1) is 13.8 Å². The summed E-state index contributed by atoms with van der Waals surface area (Å²) in [6.07, 6.45) is 0. The van der Waals surface area contributed by atoms with E-state index in [1.165, 1.54) is 28.2 Å². The predicted molar refractivity (Wildman–Crippen MR) is 78.6 cm³/mol. The van der Waals surface area contributed by atoms with Gasteiger partial charge >= 0.3 is 0 Å². The average Bonchev–Trinajstić information content (AvgIpc) is 2.75. The highest BCUT2D eigenvalue weighted by atomic mass is 32.2. The zero-order valence-corrected chi connectivity index (χ0v) is 12.1. The second-order valence-electron chi connectivity index (χ2n) is 4.18. The molecule has 0 radical (unpaired) electrons. The van der Waals surface area contributed by atoms with Crippen molar-refractivity contribution in [2.24, 2.45) is 5.84 Å². The lowest BCUT2D eigenvalue weighted by Gasteiger charge is -2.04. The summed E-state index contributed by atoms with van der Waals surface area (Å²) in [5.41, 5.74) is 7.52. The SMILES string of the molecule is Cc1cc(C)cc(CSCc2nnsc2NN)c1. The lowest BCUT2D eigenvalue weighted by atomic mass is 10.1. The van der Waals surface area contributed by atoms with Gasteiger partial charge in [-0.1, -0.05) is 33.8 Å². The van der Waals surface area contributed by atoms with E-state index in [1.807, 2.05) is 11.8 Å². The third kappa shape index (κ3) is 3.44. The monoisotopic (exact) mass is 280 g/mol. The van der Waals surface area contributed by atoms with Crippen LogP contribution in [0.4, 0.5) is 5.00 Å². The molecule has 18 heavy (non-hydrogen) atoms. The fourth-order valence-electron chi connectivity index (χ4n) is 1.83. The van der Waals surface area contributed by atoms with Crippen molar-refractivity contribution in [2.45, 2.75) is 25.4 Å². The molecule has 0 unspecified atom stereocenters. The second kappa shape index (κ2) is 6.17. The Morgan fingerprint density at radius 2 is 1.94 bits per heavy atom. The average molecular weight is 280 g/mol. The molecule has 1 heterocycles. The summed E-state index contributed by atoms with van der Waals surface area (Å²) in [5, 5.41) is 4.91. The molecular formula is C12H16N4S2. The second-order valence-corrected chi connectivity index (χ2v) is 5.92. The topological polar surface area (TPSA) is 63.8 Å². The molecule has 0 aliphatic rings. The number of hydrogen-bond acceptors (Lipinski definition) is 6. The maximum Gasteiger partial charge on any atom is 0.148 e. The van der Waals surface area contributed by atoms with Gasteiger partial charge in [-0.3, -0.25) is 0 Å². The predicted octanol–water partition coefficient (Wildman–Crippen LogP) is 2.87. The molecule has 0 saturated carbocycles. The third-order valence-corrected chi connectivity index (χ3v) is 4.19. The van der Waals surface area contributed by atoms with Crippen LogP contribution >= 0.6 is 23.3 Å². The van der Waals surface area contributed by atoms with Gasteiger partial charge in [0.05, 0.1) is 0 Å². The number of hydrogen-bond donors (Lipinski definition) is 2. The molecule has 0 bridgehead atoms. The van der Waals surface area contributed by atoms with Crippen molar-refractivity contribution in [1.82, 2.24) is 9.59 Å². The minimum atomic E-state index is 0.822. The molecular weight excluding hydrogens is 264 g/mol. The molecule has 96 valence electrons. The first kappa shape index (κ1) is 13.3. The van der Waals surface area contributed by atoms with Crippen LogP contribution in [0.5, 0.6) is 0 Å². The molecule has 0 amide bonds. The molecule has 0 atom stereocenters. The molecule has 0 saturated heterocycles. The number of aryl methyl sites for hydroxylation is 2. The molecule has 1 aromatic carbocycles. The van der Waals surface area contributed by atoms with Crippen molar-refractivity contribution in [3.63, 3.8) is 0 Å². The summed E-state index contributed by atoms with van der Waals surface area (Å²) in [6, 6.07) is 6.64. The van der Waals surface area contributed by atoms with E-state index in [0.29, 0.717) is 0 Å². The van der Waals surface area contributed by atoms with Crippen LogP contribution in [0.3, 0.4) is 0 Å². The van der Waals surface area contributed by atoms with Gasteiger partial charge in [-0.25, -0.2) is 5.84 Å². The van der Waals surface area contributed by atoms with Gasteiger partial charge in [0.15, 0.2) is 0 Å². The van der Waals surface area contributed by atoms with E-state index >= 15 is 0 Å². The van der Waals surface area contributed by atoms with Gasteiger partial charge in [-0.15, -0.1) is 5.10 Å². The lowest BCUT2D eigenvalue weighted by Crippen LogP contribution is -2.06. The number of rotatable bonds is 5. The molecule has 0 aliphatic carbocycles. The zero-order valence-electron chi connectivity index (χ0n) is 10.4. The van der Waals surface area contributed by atoms with Crippen molar-refractivity contribution in [1.29, 1.82) is 0 Å². The van der Waals surface area contributed by atoms with Crippen LogP contribution in [0.15, 0.2) is 18.2 Å². The summed E-state index contributed by atoms with van der Waals surface area (Å²) in [6.45, 7) is 4.25. The number of benzene rings is 1. The minimum absolute atomic E-state index is 0.822. The molecule has 2 rings (SSSR count). The summed E-state index contributed by atoms with van der Waals surface area (Å²) < 4.78 is 3.88. The number of nitrogens with zero attached hydrogens (tertiary/aromatic N) is 2. The zero-order chi connectivity index (χ0) is 13.0. The Balaban J connectivity index is 1.92. The van der Waals surface area contributed by atoms with Crippen molar-refractivity contribution in [3.8, 4) is 0 Å². The van der Waals surface area contributed by atoms with Gasteiger partial charge in [0, 0.05) is 23.0 Å². The van der Waals surface area contributed by atoms with E-state index in [9.17, 15) is 0 Å². The highest BCUT2D eigenvalue weighted by molar-refractivity contribution is 7.97. The summed E-state index contributed by atoms with van der Waals surface area (Å²) in [4.78, 5) is 0. The molecule has 2 aromatic rings. The van der Waals surface area contributed by atoms with E-state index in [1.54, 1.807) is 0 Å². The Labute approximate surface area is 115 Å². The maximum atomic E-state index is 5.39. The summed E-state index contributed by atoms with van der Waals surface area (Å²) >= 11 is 3.11. The van der Waals surface area contributed by atoms with Gasteiger partial charge in [0.2, 0.25) is 0 Å². The minimum Gasteiger partial charge on any atom is -0.313 e. The van der Waals surface area contributed by atoms with Crippen molar-refractivity contribution in [2.75, 3.05) is 5.43 Å². The van der Waals surface area contributed by atoms with Gasteiger partial charge in [-0.2, -0.15) is 11.8 Å². The Morgan fingerprint density at radius 1 is 1.22 bits per heavy atom. The first-order valence-electron chi connectivity index (χ1n) is 5.62. The van der Waals surface area contributed by atoms with Gasteiger partial charge in [0.25, 0.3) is 0 Å². The first-order valence-corrected chi connectivity index (χ1v) is 7.54. The van der Waals surface area contributed by atoms with E-state index in [2.05, 4.69) is 47.1 Å². The molecule has 0 aliphatic heterocycles. The van der Waals surface area contributed by atoms with Crippen LogP contribution in [0.25, 0.3) is 0 Å². The van der Waals surface area contributed by atoms with Gasteiger partial charge < -0.3 is 5.43 Å². The standard InChI is InChI=1S/C12H16N4S2/c1-8-3-9(2)5-10(4-8)6-17-7-11-12(14-13)18-16-15-11/h3-5,14H,6-7,13H2,1-2H3. The van der Waals surface area contributed by atoms with Gasteiger partial charge in [-0.05, 0) is 19.4 Å². The van der Waals surface area contributed by atoms with E-state index in [0.717, 1.165) is 22.2 Å². The summed E-state index contributed by atoms with van der Waals surface area (Å²) in [7, 11) is 0. The normalized spacial score (nSPS) is 10.6. The van der Waals surface area contributed by atoms with Crippen LogP contribution in [0.2, 0.25) is 0 Å². The highest BCUT2D eigenvalue weighted by Gasteiger charge is 2.06. The fraction of sp³-hybridized carbons (Fsp3) is 0.333. The number of aromatic nitrogens is 2. The Kier molecular flexibility index (Phi) is 4.57. The van der Waals surface area contributed by atoms with Crippen LogP contribution in [0.1, 0.15) is 22.4 Å². The van der Waals surface area contributed by atoms with Gasteiger partial charge in [0.1, 0.15) is 10.7 Å². The first-order chi connectivity index (χ1) is 8.69. The van der Waals surface area contributed by atoms with Crippen LogP contribution < -0.4 is 11.3 Å². The van der Waals surface area contributed by atoms with E-state index in [-0.39, 0.29) is 0 Å². The van der Waals surface area contributed by atoms with Crippen molar-refractivity contribution in [3.05, 3.63) is 40.6 Å². The molecule has 4 nitrogen and oxygen atoms in total. The van der Waals surface area contributed by atoms with E-state index in [4.69, 9.17) is 5.84 Å². The molecule has 1 aromatic heterocycles. The van der Waals surface area contributed by atoms with E-state index < -0.39 is 0 Å². The number of nitrogens with one attached hydrogen (secondary N) is 1.